The molecule has 0 radical (unpaired) electrons. The molecular weight excluding hydrogens is 207 g/mol. The zero-order valence-electron chi connectivity index (χ0n) is 6.25. The second-order valence-electron chi connectivity index (χ2n) is 2.24. The molecule has 0 aliphatic heterocycles. The highest BCUT2D eigenvalue weighted by Crippen LogP contribution is 2.33. The van der Waals surface area contributed by atoms with Crippen LogP contribution in [0.5, 0.6) is 0 Å². The van der Waals surface area contributed by atoms with Crippen molar-refractivity contribution in [2.75, 3.05) is 0 Å². The molecule has 12 heavy (non-hydrogen) atoms. The first-order valence-electron chi connectivity index (χ1n) is 3.14. The van der Waals surface area contributed by atoms with Crippen molar-refractivity contribution in [2.24, 2.45) is 5.41 Å². The maximum Gasteiger partial charge on any atom is 0.323 e. The van der Waals surface area contributed by atoms with Crippen LogP contribution in [0.3, 0.4) is 0 Å². The summed E-state index contributed by atoms with van der Waals surface area (Å²) in [6, 6.07) is 0. The summed E-state index contributed by atoms with van der Waals surface area (Å²) in [5.41, 5.74) is -2.09. The monoisotopic (exact) mass is 214 g/mol. The Bertz CT molecular complexity index is 188. The van der Waals surface area contributed by atoms with Gasteiger partial charge in [0, 0.05) is 0 Å². The van der Waals surface area contributed by atoms with Gasteiger partial charge in [0.25, 0.3) is 0 Å². The molecule has 0 atom stereocenters. The summed E-state index contributed by atoms with van der Waals surface area (Å²) in [4.78, 5) is 19.7. The molecule has 0 rings (SSSR count). The molecule has 0 aromatic rings. The molecule has 0 saturated heterocycles. The van der Waals surface area contributed by atoms with E-state index in [0.29, 0.717) is 0 Å². The Hall–Kier alpha value is -0.480. The predicted molar refractivity (Wildman–Crippen MR) is 43.5 cm³/mol. The molecule has 2 N–H and O–H groups in total. The Morgan fingerprint density at radius 2 is 1.67 bits per heavy atom. The molecule has 0 aliphatic rings. The van der Waals surface area contributed by atoms with Gasteiger partial charge in [-0.1, -0.05) is 6.92 Å². The molecule has 0 aromatic carbocycles. The average molecular weight is 215 g/mol. The maximum atomic E-state index is 10.6. The van der Waals surface area contributed by atoms with E-state index in [0.717, 1.165) is 0 Å². The first-order valence-corrected chi connectivity index (χ1v) is 4.01. The average Bonchev–Trinajstić information content (AvgIpc) is 1.86. The van der Waals surface area contributed by atoms with Gasteiger partial charge in [-0.2, -0.15) is 0 Å². The van der Waals surface area contributed by atoms with Crippen LogP contribution in [0.1, 0.15) is 13.3 Å². The number of halogens is 2. The minimum Gasteiger partial charge on any atom is -0.480 e. The number of hydrogen-bond donors (Lipinski definition) is 2. The lowest BCUT2D eigenvalue weighted by molar-refractivity contribution is -0.163. The van der Waals surface area contributed by atoms with E-state index < -0.39 is 22.2 Å². The summed E-state index contributed by atoms with van der Waals surface area (Å²) in [6.07, 6.45) is -0.157. The van der Waals surface area contributed by atoms with E-state index >= 15 is 0 Å². The van der Waals surface area contributed by atoms with E-state index in [1.807, 2.05) is 0 Å². The standard InChI is InChI=1S/C6H8Cl2O4/c1-2-6(3(7)8,4(9)10)5(11)12/h3H,2H2,1H3,(H,9,10)(H,11,12). The van der Waals surface area contributed by atoms with Crippen LogP contribution < -0.4 is 0 Å². The fourth-order valence-corrected chi connectivity index (χ4v) is 1.42. The van der Waals surface area contributed by atoms with Gasteiger partial charge in [0.1, 0.15) is 4.84 Å². The molecule has 0 heterocycles. The lowest BCUT2D eigenvalue weighted by Crippen LogP contribution is -2.44. The molecule has 0 saturated carbocycles. The van der Waals surface area contributed by atoms with Crippen LogP contribution in [0, 0.1) is 5.41 Å². The first kappa shape index (κ1) is 11.5. The normalized spacial score (nSPS) is 11.7. The van der Waals surface area contributed by atoms with E-state index in [4.69, 9.17) is 33.4 Å². The Labute approximate surface area is 79.1 Å². The van der Waals surface area contributed by atoms with Crippen molar-refractivity contribution in [3.63, 3.8) is 0 Å². The fraction of sp³-hybridized carbons (Fsp3) is 0.667. The van der Waals surface area contributed by atoms with E-state index in [1.54, 1.807) is 0 Å². The van der Waals surface area contributed by atoms with Crippen molar-refractivity contribution >= 4 is 35.1 Å². The molecular formula is C6H8Cl2O4. The number of rotatable bonds is 4. The van der Waals surface area contributed by atoms with Gasteiger partial charge in [-0.25, -0.2) is 0 Å². The van der Waals surface area contributed by atoms with Crippen molar-refractivity contribution in [1.82, 2.24) is 0 Å². The van der Waals surface area contributed by atoms with Gasteiger partial charge in [-0.15, -0.1) is 23.2 Å². The smallest absolute Gasteiger partial charge is 0.323 e. The SMILES string of the molecule is CCC(C(=O)O)(C(=O)O)C(Cl)Cl. The van der Waals surface area contributed by atoms with Gasteiger partial charge in [0.05, 0.1) is 0 Å². The lowest BCUT2D eigenvalue weighted by atomic mass is 9.87. The maximum absolute atomic E-state index is 10.6. The molecule has 70 valence electrons. The Morgan fingerprint density at radius 3 is 1.67 bits per heavy atom. The van der Waals surface area contributed by atoms with Gasteiger partial charge in [-0.3, -0.25) is 9.59 Å². The number of carboxylic acid groups (broad SMARTS) is 2. The first-order chi connectivity index (χ1) is 5.39. The van der Waals surface area contributed by atoms with Crippen LogP contribution in [0.2, 0.25) is 0 Å². The van der Waals surface area contributed by atoms with E-state index in [2.05, 4.69) is 0 Å². The van der Waals surface area contributed by atoms with Crippen molar-refractivity contribution < 1.29 is 19.8 Å². The summed E-state index contributed by atoms with van der Waals surface area (Å²) < 4.78 is 0. The van der Waals surface area contributed by atoms with Crippen LogP contribution >= 0.6 is 23.2 Å². The Morgan fingerprint density at radius 1 is 1.33 bits per heavy atom. The van der Waals surface area contributed by atoms with Crippen molar-refractivity contribution in [3.8, 4) is 0 Å². The number of aliphatic carboxylic acids is 2. The molecule has 0 bridgehead atoms. The minimum atomic E-state index is -2.09. The Kier molecular flexibility index (Phi) is 3.80. The molecule has 4 nitrogen and oxygen atoms in total. The second-order valence-corrected chi connectivity index (χ2v) is 3.33. The van der Waals surface area contributed by atoms with Gasteiger partial charge < -0.3 is 10.2 Å². The highest BCUT2D eigenvalue weighted by atomic mass is 35.5. The van der Waals surface area contributed by atoms with Crippen LogP contribution in [0.15, 0.2) is 0 Å². The van der Waals surface area contributed by atoms with E-state index in [1.165, 1.54) is 6.92 Å². The topological polar surface area (TPSA) is 74.6 Å². The molecule has 0 amide bonds. The summed E-state index contributed by atoms with van der Waals surface area (Å²) in [7, 11) is 0. The Balaban J connectivity index is 5.04. The zero-order chi connectivity index (χ0) is 9.94. The molecule has 0 aliphatic carbocycles. The van der Waals surface area contributed by atoms with Crippen LogP contribution in [-0.4, -0.2) is 27.0 Å². The molecule has 0 unspecified atom stereocenters. The molecule has 0 spiro atoms. The van der Waals surface area contributed by atoms with E-state index in [9.17, 15) is 9.59 Å². The molecule has 0 aromatic heterocycles. The predicted octanol–water partition coefficient (Wildman–Crippen LogP) is 1.36. The largest absolute Gasteiger partial charge is 0.480 e. The van der Waals surface area contributed by atoms with Crippen LogP contribution in [0.4, 0.5) is 0 Å². The van der Waals surface area contributed by atoms with Gasteiger partial charge in [0.15, 0.2) is 5.41 Å². The summed E-state index contributed by atoms with van der Waals surface area (Å²) in [5, 5.41) is 17.2. The highest BCUT2D eigenvalue weighted by Gasteiger charge is 2.50. The number of alkyl halides is 2. The van der Waals surface area contributed by atoms with Crippen molar-refractivity contribution in [2.45, 2.75) is 18.2 Å². The van der Waals surface area contributed by atoms with Crippen LogP contribution in [-0.2, 0) is 9.59 Å². The van der Waals surface area contributed by atoms with E-state index in [-0.39, 0.29) is 6.42 Å². The third kappa shape index (κ3) is 1.64. The number of hydrogen-bond acceptors (Lipinski definition) is 2. The number of carboxylic acids is 2. The third-order valence-electron chi connectivity index (χ3n) is 1.69. The lowest BCUT2D eigenvalue weighted by Gasteiger charge is -2.23. The molecule has 6 heteroatoms. The molecule has 0 fully saturated rings. The minimum absolute atomic E-state index is 0.157. The van der Waals surface area contributed by atoms with Crippen molar-refractivity contribution in [3.05, 3.63) is 0 Å². The fourth-order valence-electron chi connectivity index (χ4n) is 0.735. The highest BCUT2D eigenvalue weighted by molar-refractivity contribution is 6.47. The quantitative estimate of drug-likeness (QED) is 0.548. The second kappa shape index (κ2) is 3.96. The summed E-state index contributed by atoms with van der Waals surface area (Å²) in [5.74, 6) is -3.04. The van der Waals surface area contributed by atoms with Gasteiger partial charge in [-0.05, 0) is 6.42 Å². The van der Waals surface area contributed by atoms with Gasteiger partial charge >= 0.3 is 11.9 Å². The summed E-state index contributed by atoms with van der Waals surface area (Å²) in [6.45, 7) is 1.40. The van der Waals surface area contributed by atoms with Crippen LogP contribution in [0.25, 0.3) is 0 Å². The van der Waals surface area contributed by atoms with Gasteiger partial charge in [0.2, 0.25) is 0 Å². The zero-order valence-corrected chi connectivity index (χ0v) is 7.76. The van der Waals surface area contributed by atoms with Crippen molar-refractivity contribution in [1.29, 1.82) is 0 Å². The number of carbonyl (C=O) groups is 2. The third-order valence-corrected chi connectivity index (χ3v) is 2.44. The summed E-state index contributed by atoms with van der Waals surface area (Å²) >= 11 is 10.6.